The van der Waals surface area contributed by atoms with Crippen molar-refractivity contribution >= 4 is 41.9 Å². The van der Waals surface area contributed by atoms with Crippen molar-refractivity contribution < 1.29 is 13.2 Å². The topological polar surface area (TPSA) is 46.6 Å². The fourth-order valence-corrected chi connectivity index (χ4v) is 4.35. The molecule has 0 aliphatic carbocycles. The Morgan fingerprint density at radius 3 is 2.56 bits per heavy atom. The zero-order chi connectivity index (χ0) is 13.8. The predicted molar refractivity (Wildman–Crippen MR) is 78.2 cm³/mol. The average Bonchev–Trinajstić information content (AvgIpc) is 2.33. The molecule has 0 aliphatic heterocycles. The molecule has 0 saturated heterocycles. The van der Waals surface area contributed by atoms with Gasteiger partial charge in [0.05, 0.1) is 11.5 Å². The number of nitrogens with zero attached hydrogens (tertiary/aromatic N) is 1. The van der Waals surface area contributed by atoms with Crippen LogP contribution in [0.5, 0.6) is 0 Å². The van der Waals surface area contributed by atoms with Crippen LogP contribution in [-0.4, -0.2) is 39.5 Å². The quantitative estimate of drug-likeness (QED) is 0.737. The first kappa shape index (κ1) is 16.1. The fraction of sp³-hybridized carbons (Fsp3) is 0.455. The lowest BCUT2D eigenvalue weighted by atomic mass is 10.4. The van der Waals surface area contributed by atoms with Gasteiger partial charge in [0.1, 0.15) is 0 Å². The molecule has 1 aromatic rings. The lowest BCUT2D eigenvalue weighted by Gasteiger charge is -2.20. The second kappa shape index (κ2) is 7.00. The van der Waals surface area contributed by atoms with Crippen LogP contribution in [0.2, 0.25) is 0 Å². The fourth-order valence-electron chi connectivity index (χ4n) is 1.46. The lowest BCUT2D eigenvalue weighted by Crippen LogP contribution is -2.34. The van der Waals surface area contributed by atoms with Gasteiger partial charge in [-0.05, 0) is 34.1 Å². The van der Waals surface area contributed by atoms with E-state index in [0.29, 0.717) is 24.2 Å². The third-order valence-electron chi connectivity index (χ3n) is 2.41. The summed E-state index contributed by atoms with van der Waals surface area (Å²) in [4.78, 5) is 0.259. The molecule has 0 bridgehead atoms. The number of hydrogen-bond acceptors (Lipinski definition) is 3. The first-order valence-corrected chi connectivity index (χ1v) is 8.40. The van der Waals surface area contributed by atoms with Crippen molar-refractivity contribution in [2.24, 2.45) is 0 Å². The molecule has 0 spiro atoms. The van der Waals surface area contributed by atoms with E-state index in [4.69, 9.17) is 4.74 Å². The molecule has 0 aliphatic rings. The molecule has 4 nitrogen and oxygen atoms in total. The van der Waals surface area contributed by atoms with E-state index < -0.39 is 10.0 Å². The molecule has 1 aromatic carbocycles. The van der Waals surface area contributed by atoms with Gasteiger partial charge in [-0.1, -0.05) is 22.9 Å². The SMILES string of the molecule is CCN(CCOC)S(=O)(=O)c1cc(Br)ccc1Br. The number of likely N-dealkylation sites (N-methyl/N-ethyl adjacent to an activating group) is 1. The predicted octanol–water partition coefficient (Wildman–Crippen LogP) is 2.87. The van der Waals surface area contributed by atoms with Crippen molar-refractivity contribution in [3.05, 3.63) is 27.1 Å². The van der Waals surface area contributed by atoms with Gasteiger partial charge >= 0.3 is 0 Å². The molecule has 0 radical (unpaired) electrons. The third-order valence-corrected chi connectivity index (χ3v) is 5.87. The normalized spacial score (nSPS) is 12.1. The van der Waals surface area contributed by atoms with Crippen molar-refractivity contribution in [2.75, 3.05) is 26.8 Å². The van der Waals surface area contributed by atoms with E-state index in [2.05, 4.69) is 31.9 Å². The summed E-state index contributed by atoms with van der Waals surface area (Å²) >= 11 is 6.56. The van der Waals surface area contributed by atoms with Crippen molar-refractivity contribution in [3.63, 3.8) is 0 Å². The summed E-state index contributed by atoms with van der Waals surface area (Å²) in [6.45, 7) is 2.93. The van der Waals surface area contributed by atoms with Crippen LogP contribution in [0.15, 0.2) is 32.0 Å². The number of rotatable bonds is 6. The van der Waals surface area contributed by atoms with E-state index >= 15 is 0 Å². The molecule has 0 fully saturated rings. The van der Waals surface area contributed by atoms with Gasteiger partial charge in [0.15, 0.2) is 0 Å². The van der Waals surface area contributed by atoms with Gasteiger partial charge in [0.2, 0.25) is 10.0 Å². The van der Waals surface area contributed by atoms with Gasteiger partial charge in [-0.3, -0.25) is 0 Å². The summed E-state index contributed by atoms with van der Waals surface area (Å²) in [6.07, 6.45) is 0. The van der Waals surface area contributed by atoms with E-state index in [0.717, 1.165) is 4.47 Å². The second-order valence-corrected chi connectivity index (χ2v) is 7.24. The molecule has 1 rings (SSSR count). The Balaban J connectivity index is 3.14. The third kappa shape index (κ3) is 3.77. The summed E-state index contributed by atoms with van der Waals surface area (Å²) < 4.78 is 32.5. The minimum atomic E-state index is -3.50. The summed E-state index contributed by atoms with van der Waals surface area (Å²) in [7, 11) is -1.95. The highest BCUT2D eigenvalue weighted by Gasteiger charge is 2.25. The molecular formula is C11H15Br2NO3S. The Labute approximate surface area is 125 Å². The molecule has 18 heavy (non-hydrogen) atoms. The number of halogens is 2. The summed E-state index contributed by atoms with van der Waals surface area (Å²) in [5, 5.41) is 0. The molecule has 7 heteroatoms. The van der Waals surface area contributed by atoms with Crippen molar-refractivity contribution in [3.8, 4) is 0 Å². The van der Waals surface area contributed by atoms with Crippen LogP contribution in [0, 0.1) is 0 Å². The largest absolute Gasteiger partial charge is 0.383 e. The number of ether oxygens (including phenoxy) is 1. The van der Waals surface area contributed by atoms with Crippen LogP contribution >= 0.6 is 31.9 Å². The van der Waals surface area contributed by atoms with E-state index in [9.17, 15) is 8.42 Å². The van der Waals surface area contributed by atoms with Crippen molar-refractivity contribution in [1.29, 1.82) is 0 Å². The van der Waals surface area contributed by atoms with E-state index in [1.54, 1.807) is 32.2 Å². The van der Waals surface area contributed by atoms with E-state index in [-0.39, 0.29) is 4.90 Å². The number of benzene rings is 1. The number of hydrogen-bond donors (Lipinski definition) is 0. The van der Waals surface area contributed by atoms with Gasteiger partial charge in [-0.2, -0.15) is 4.31 Å². The maximum absolute atomic E-state index is 12.5. The van der Waals surface area contributed by atoms with Crippen LogP contribution in [0.3, 0.4) is 0 Å². The summed E-state index contributed by atoms with van der Waals surface area (Å²) in [5.74, 6) is 0. The molecule has 0 atom stereocenters. The molecule has 0 heterocycles. The van der Waals surface area contributed by atoms with Crippen molar-refractivity contribution in [2.45, 2.75) is 11.8 Å². The Bertz CT molecular complexity index is 505. The Kier molecular flexibility index (Phi) is 6.26. The highest BCUT2D eigenvalue weighted by atomic mass is 79.9. The van der Waals surface area contributed by atoms with Crippen LogP contribution in [0.25, 0.3) is 0 Å². The van der Waals surface area contributed by atoms with E-state index in [1.165, 1.54) is 4.31 Å². The molecule has 0 saturated carbocycles. The molecule has 0 N–H and O–H groups in total. The van der Waals surface area contributed by atoms with Gasteiger partial charge in [-0.25, -0.2) is 8.42 Å². The summed E-state index contributed by atoms with van der Waals surface area (Å²) in [5.41, 5.74) is 0. The van der Waals surface area contributed by atoms with Crippen LogP contribution < -0.4 is 0 Å². The average molecular weight is 401 g/mol. The highest BCUT2D eigenvalue weighted by Crippen LogP contribution is 2.28. The van der Waals surface area contributed by atoms with Crippen LogP contribution in [-0.2, 0) is 14.8 Å². The Morgan fingerprint density at radius 2 is 2.00 bits per heavy atom. The van der Waals surface area contributed by atoms with Gasteiger partial charge < -0.3 is 4.74 Å². The maximum atomic E-state index is 12.5. The molecule has 0 aromatic heterocycles. The molecule has 102 valence electrons. The van der Waals surface area contributed by atoms with Gasteiger partial charge in [-0.15, -0.1) is 0 Å². The van der Waals surface area contributed by atoms with Gasteiger partial charge in [0, 0.05) is 29.1 Å². The lowest BCUT2D eigenvalue weighted by molar-refractivity contribution is 0.180. The maximum Gasteiger partial charge on any atom is 0.244 e. The van der Waals surface area contributed by atoms with Crippen LogP contribution in [0.4, 0.5) is 0 Å². The highest BCUT2D eigenvalue weighted by molar-refractivity contribution is 9.11. The standard InChI is InChI=1S/C11H15Br2NO3S/c1-3-14(6-7-17-2)18(15,16)11-8-9(12)4-5-10(11)13/h4-5,8H,3,6-7H2,1-2H3. The molecular weight excluding hydrogens is 386 g/mol. The van der Waals surface area contributed by atoms with Crippen LogP contribution in [0.1, 0.15) is 6.92 Å². The first-order valence-electron chi connectivity index (χ1n) is 5.37. The number of sulfonamides is 1. The first-order chi connectivity index (χ1) is 8.43. The zero-order valence-electron chi connectivity index (χ0n) is 10.2. The summed E-state index contributed by atoms with van der Waals surface area (Å²) in [6, 6.07) is 5.09. The number of methoxy groups -OCH3 is 1. The van der Waals surface area contributed by atoms with Crippen molar-refractivity contribution in [1.82, 2.24) is 4.31 Å². The minimum absolute atomic E-state index is 0.259. The van der Waals surface area contributed by atoms with Gasteiger partial charge in [0.25, 0.3) is 0 Å². The van der Waals surface area contributed by atoms with E-state index in [1.807, 2.05) is 0 Å². The Hall–Kier alpha value is 0.0500. The smallest absolute Gasteiger partial charge is 0.244 e. The Morgan fingerprint density at radius 1 is 1.33 bits per heavy atom. The second-order valence-electron chi connectivity index (χ2n) is 3.56. The molecule has 0 unspecified atom stereocenters. The minimum Gasteiger partial charge on any atom is -0.383 e. The monoisotopic (exact) mass is 399 g/mol. The molecule has 0 amide bonds. The zero-order valence-corrected chi connectivity index (χ0v) is 14.2.